The van der Waals surface area contributed by atoms with Crippen molar-refractivity contribution >= 4 is 11.4 Å². The van der Waals surface area contributed by atoms with Crippen LogP contribution in [0.4, 0.5) is 11.4 Å². The van der Waals surface area contributed by atoms with E-state index in [2.05, 4.69) is 43.5 Å². The van der Waals surface area contributed by atoms with E-state index in [9.17, 15) is 0 Å². The van der Waals surface area contributed by atoms with Crippen molar-refractivity contribution in [3.05, 3.63) is 18.2 Å². The van der Waals surface area contributed by atoms with Crippen molar-refractivity contribution in [3.63, 3.8) is 0 Å². The first kappa shape index (κ1) is 13.1. The molecular formula is C15H24N2O. The van der Waals surface area contributed by atoms with E-state index >= 15 is 0 Å². The first-order valence-corrected chi connectivity index (χ1v) is 6.97. The Morgan fingerprint density at radius 1 is 1.39 bits per heavy atom. The number of nitrogens with one attached hydrogen (secondary N) is 2. The summed E-state index contributed by atoms with van der Waals surface area (Å²) in [6.07, 6.45) is 2.22. The van der Waals surface area contributed by atoms with E-state index in [1.165, 1.54) is 12.1 Å². The van der Waals surface area contributed by atoms with Gasteiger partial charge in [0.15, 0.2) is 0 Å². The summed E-state index contributed by atoms with van der Waals surface area (Å²) in [7, 11) is 0. The molecule has 0 saturated carbocycles. The topological polar surface area (TPSA) is 33.3 Å². The summed E-state index contributed by atoms with van der Waals surface area (Å²) in [5.74, 6) is 1.68. The molecule has 0 aromatic heterocycles. The fourth-order valence-corrected chi connectivity index (χ4v) is 2.37. The lowest BCUT2D eigenvalue weighted by Crippen LogP contribution is -2.34. The minimum absolute atomic E-state index is 0.513. The van der Waals surface area contributed by atoms with Gasteiger partial charge in [0.1, 0.15) is 11.4 Å². The predicted molar refractivity (Wildman–Crippen MR) is 77.6 cm³/mol. The minimum atomic E-state index is 0.513. The SMILES string of the molecule is CCCOc1cccc2c1NCC(CC(C)C)N2. The zero-order valence-corrected chi connectivity index (χ0v) is 11.6. The van der Waals surface area contributed by atoms with E-state index in [0.717, 1.165) is 31.0 Å². The number of fused-ring (bicyclic) bond motifs is 1. The van der Waals surface area contributed by atoms with Gasteiger partial charge in [-0.2, -0.15) is 0 Å². The van der Waals surface area contributed by atoms with Gasteiger partial charge in [0.25, 0.3) is 0 Å². The fraction of sp³-hybridized carbons (Fsp3) is 0.600. The molecule has 2 N–H and O–H groups in total. The monoisotopic (exact) mass is 248 g/mol. The van der Waals surface area contributed by atoms with E-state index in [4.69, 9.17) is 4.74 Å². The molecule has 18 heavy (non-hydrogen) atoms. The van der Waals surface area contributed by atoms with Gasteiger partial charge in [-0.05, 0) is 30.9 Å². The van der Waals surface area contributed by atoms with Gasteiger partial charge >= 0.3 is 0 Å². The third-order valence-corrected chi connectivity index (χ3v) is 3.13. The van der Waals surface area contributed by atoms with Gasteiger partial charge in [0.05, 0.1) is 12.3 Å². The van der Waals surface area contributed by atoms with Gasteiger partial charge in [0, 0.05) is 12.6 Å². The largest absolute Gasteiger partial charge is 0.491 e. The van der Waals surface area contributed by atoms with Crippen molar-refractivity contribution in [1.82, 2.24) is 0 Å². The molecule has 3 nitrogen and oxygen atoms in total. The Kier molecular flexibility index (Phi) is 4.34. The Labute approximate surface area is 110 Å². The molecule has 3 heteroatoms. The second kappa shape index (κ2) is 5.98. The quantitative estimate of drug-likeness (QED) is 0.833. The van der Waals surface area contributed by atoms with Gasteiger partial charge in [-0.1, -0.05) is 26.8 Å². The van der Waals surface area contributed by atoms with E-state index < -0.39 is 0 Å². The van der Waals surface area contributed by atoms with E-state index in [1.54, 1.807) is 0 Å². The van der Waals surface area contributed by atoms with Crippen LogP contribution in [0, 0.1) is 5.92 Å². The van der Waals surface area contributed by atoms with Crippen molar-refractivity contribution in [2.24, 2.45) is 5.92 Å². The van der Waals surface area contributed by atoms with Gasteiger partial charge in [-0.3, -0.25) is 0 Å². The molecule has 1 aliphatic rings. The standard InChI is InChI=1S/C15H24N2O/c1-4-8-18-14-7-5-6-13-15(14)16-10-12(17-13)9-11(2)3/h5-7,11-12,16-17H,4,8-10H2,1-3H3. The molecule has 0 spiro atoms. The number of para-hydroxylation sites is 1. The maximum Gasteiger partial charge on any atom is 0.144 e. The Hall–Kier alpha value is -1.38. The molecule has 0 amide bonds. The number of hydrogen-bond donors (Lipinski definition) is 2. The third-order valence-electron chi connectivity index (χ3n) is 3.13. The lowest BCUT2D eigenvalue weighted by atomic mass is 10.0. The van der Waals surface area contributed by atoms with Gasteiger partial charge < -0.3 is 15.4 Å². The van der Waals surface area contributed by atoms with Crippen LogP contribution in [-0.4, -0.2) is 19.2 Å². The first-order valence-electron chi connectivity index (χ1n) is 6.97. The van der Waals surface area contributed by atoms with Gasteiger partial charge in [-0.15, -0.1) is 0 Å². The summed E-state index contributed by atoms with van der Waals surface area (Å²) in [5, 5.41) is 7.11. The van der Waals surface area contributed by atoms with E-state index in [-0.39, 0.29) is 0 Å². The molecule has 0 saturated heterocycles. The van der Waals surface area contributed by atoms with Crippen LogP contribution in [0.1, 0.15) is 33.6 Å². The average Bonchev–Trinajstić information content (AvgIpc) is 2.35. The summed E-state index contributed by atoms with van der Waals surface area (Å²) in [5.41, 5.74) is 2.28. The molecule has 0 radical (unpaired) electrons. The number of anilines is 2. The predicted octanol–water partition coefficient (Wildman–Crippen LogP) is 3.73. The Balaban J connectivity index is 2.09. The molecule has 1 unspecified atom stereocenters. The Morgan fingerprint density at radius 3 is 2.94 bits per heavy atom. The van der Waals surface area contributed by atoms with Crippen LogP contribution < -0.4 is 15.4 Å². The fourth-order valence-electron chi connectivity index (χ4n) is 2.37. The van der Waals surface area contributed by atoms with Gasteiger partial charge in [-0.25, -0.2) is 0 Å². The van der Waals surface area contributed by atoms with Crippen molar-refractivity contribution in [3.8, 4) is 5.75 Å². The molecule has 1 aromatic rings. The molecule has 0 fully saturated rings. The van der Waals surface area contributed by atoms with Crippen LogP contribution in [0.2, 0.25) is 0 Å². The average molecular weight is 248 g/mol. The van der Waals surface area contributed by atoms with Crippen LogP contribution in [-0.2, 0) is 0 Å². The van der Waals surface area contributed by atoms with Crippen molar-refractivity contribution in [1.29, 1.82) is 0 Å². The number of ether oxygens (including phenoxy) is 1. The van der Waals surface area contributed by atoms with Crippen LogP contribution in [0.15, 0.2) is 18.2 Å². The first-order chi connectivity index (χ1) is 8.70. The minimum Gasteiger partial charge on any atom is -0.491 e. The van der Waals surface area contributed by atoms with Crippen LogP contribution >= 0.6 is 0 Å². The molecule has 1 atom stereocenters. The normalized spacial score (nSPS) is 17.9. The van der Waals surface area contributed by atoms with Crippen molar-refractivity contribution in [2.45, 2.75) is 39.7 Å². The van der Waals surface area contributed by atoms with E-state index in [0.29, 0.717) is 12.0 Å². The van der Waals surface area contributed by atoms with Crippen LogP contribution in [0.5, 0.6) is 5.75 Å². The molecule has 1 heterocycles. The smallest absolute Gasteiger partial charge is 0.144 e. The second-order valence-electron chi connectivity index (χ2n) is 5.38. The van der Waals surface area contributed by atoms with Gasteiger partial charge in [0.2, 0.25) is 0 Å². The Morgan fingerprint density at radius 2 is 2.22 bits per heavy atom. The molecule has 2 rings (SSSR count). The third kappa shape index (κ3) is 3.09. The highest BCUT2D eigenvalue weighted by Gasteiger charge is 2.20. The zero-order valence-electron chi connectivity index (χ0n) is 11.6. The second-order valence-corrected chi connectivity index (χ2v) is 5.38. The lowest BCUT2D eigenvalue weighted by molar-refractivity contribution is 0.318. The van der Waals surface area contributed by atoms with Crippen molar-refractivity contribution < 1.29 is 4.74 Å². The number of rotatable bonds is 5. The number of hydrogen-bond acceptors (Lipinski definition) is 3. The molecule has 0 bridgehead atoms. The van der Waals surface area contributed by atoms with E-state index in [1.807, 2.05) is 6.07 Å². The van der Waals surface area contributed by atoms with Crippen LogP contribution in [0.3, 0.4) is 0 Å². The van der Waals surface area contributed by atoms with Crippen LogP contribution in [0.25, 0.3) is 0 Å². The highest BCUT2D eigenvalue weighted by Crippen LogP contribution is 2.36. The maximum atomic E-state index is 5.77. The lowest BCUT2D eigenvalue weighted by Gasteiger charge is -2.30. The summed E-state index contributed by atoms with van der Waals surface area (Å²) in [6.45, 7) is 8.39. The molecule has 1 aromatic carbocycles. The summed E-state index contributed by atoms with van der Waals surface area (Å²) < 4.78 is 5.77. The summed E-state index contributed by atoms with van der Waals surface area (Å²) in [6, 6.07) is 6.72. The molecular weight excluding hydrogens is 224 g/mol. The molecule has 0 aliphatic carbocycles. The maximum absolute atomic E-state index is 5.77. The van der Waals surface area contributed by atoms with Crippen molar-refractivity contribution in [2.75, 3.05) is 23.8 Å². The highest BCUT2D eigenvalue weighted by atomic mass is 16.5. The number of benzene rings is 1. The summed E-state index contributed by atoms with van der Waals surface area (Å²) >= 11 is 0. The molecule has 100 valence electrons. The Bertz CT molecular complexity index is 390. The zero-order chi connectivity index (χ0) is 13.0. The highest BCUT2D eigenvalue weighted by molar-refractivity contribution is 5.77. The summed E-state index contributed by atoms with van der Waals surface area (Å²) in [4.78, 5) is 0. The molecule has 1 aliphatic heterocycles.